The van der Waals surface area contributed by atoms with Gasteiger partial charge in [0.15, 0.2) is 0 Å². The summed E-state index contributed by atoms with van der Waals surface area (Å²) in [6, 6.07) is 0.704. The molecule has 0 bridgehead atoms. The van der Waals surface area contributed by atoms with Gasteiger partial charge >= 0.3 is 6.01 Å². The van der Waals surface area contributed by atoms with Gasteiger partial charge in [-0.2, -0.15) is 15.0 Å². The third kappa shape index (κ3) is 3.92. The van der Waals surface area contributed by atoms with Crippen LogP contribution in [-0.2, 0) is 0 Å². The van der Waals surface area contributed by atoms with Crippen molar-refractivity contribution in [3.05, 3.63) is 0 Å². The maximum absolute atomic E-state index is 5.35. The monoisotopic (exact) mass is 266 g/mol. The van der Waals surface area contributed by atoms with E-state index in [2.05, 4.69) is 32.6 Å². The first-order chi connectivity index (χ1) is 9.21. The van der Waals surface area contributed by atoms with E-state index in [0.29, 0.717) is 24.5 Å². The van der Waals surface area contributed by atoms with Crippen molar-refractivity contribution in [2.24, 2.45) is 11.8 Å². The fourth-order valence-electron chi connectivity index (χ4n) is 2.27. The molecule has 2 rings (SSSR count). The van der Waals surface area contributed by atoms with Gasteiger partial charge in [-0.05, 0) is 38.5 Å². The summed E-state index contributed by atoms with van der Waals surface area (Å²) in [5.74, 6) is 7.00. The van der Waals surface area contributed by atoms with Gasteiger partial charge < -0.3 is 10.1 Å². The van der Waals surface area contributed by atoms with Gasteiger partial charge in [0.2, 0.25) is 11.9 Å². The maximum atomic E-state index is 5.35. The van der Waals surface area contributed by atoms with Crippen LogP contribution in [-0.4, -0.2) is 27.6 Å². The summed E-state index contributed by atoms with van der Waals surface area (Å²) in [6.45, 7) is 4.69. The minimum Gasteiger partial charge on any atom is -0.464 e. The second-order valence-electron chi connectivity index (χ2n) is 4.94. The Kier molecular flexibility index (Phi) is 4.73. The molecular weight excluding hydrogens is 244 g/mol. The number of nitrogens with one attached hydrogen (secondary N) is 2. The molecule has 1 aromatic heterocycles. The number of aromatic nitrogens is 3. The quantitative estimate of drug-likeness (QED) is 0.549. The number of anilines is 2. The molecule has 0 atom stereocenters. The molecule has 0 aromatic carbocycles. The fourth-order valence-corrected chi connectivity index (χ4v) is 2.27. The molecule has 1 saturated carbocycles. The predicted molar refractivity (Wildman–Crippen MR) is 73.8 cm³/mol. The van der Waals surface area contributed by atoms with E-state index in [4.69, 9.17) is 10.6 Å². The third-order valence-electron chi connectivity index (χ3n) is 3.37. The van der Waals surface area contributed by atoms with Crippen LogP contribution in [0.1, 0.15) is 39.5 Å². The maximum Gasteiger partial charge on any atom is 0.323 e. The summed E-state index contributed by atoms with van der Waals surface area (Å²) in [4.78, 5) is 12.5. The lowest BCUT2D eigenvalue weighted by Gasteiger charge is -2.26. The van der Waals surface area contributed by atoms with Crippen molar-refractivity contribution in [2.75, 3.05) is 17.3 Å². The lowest BCUT2D eigenvalue weighted by Crippen LogP contribution is -2.26. The number of hydrogen-bond acceptors (Lipinski definition) is 7. The van der Waals surface area contributed by atoms with Gasteiger partial charge in [0, 0.05) is 6.04 Å². The highest BCUT2D eigenvalue weighted by Crippen LogP contribution is 2.25. The molecule has 1 aliphatic rings. The van der Waals surface area contributed by atoms with Gasteiger partial charge in [0.05, 0.1) is 6.61 Å². The highest BCUT2D eigenvalue weighted by atomic mass is 16.5. The zero-order chi connectivity index (χ0) is 13.7. The van der Waals surface area contributed by atoms with Crippen molar-refractivity contribution in [1.82, 2.24) is 15.0 Å². The van der Waals surface area contributed by atoms with Crippen molar-refractivity contribution in [3.8, 4) is 6.01 Å². The predicted octanol–water partition coefficient (Wildman–Crippen LogP) is 1.55. The van der Waals surface area contributed by atoms with Crippen LogP contribution in [0.5, 0.6) is 6.01 Å². The van der Waals surface area contributed by atoms with Crippen LogP contribution in [0.2, 0.25) is 0 Å². The van der Waals surface area contributed by atoms with E-state index in [1.54, 1.807) is 0 Å². The van der Waals surface area contributed by atoms with Crippen LogP contribution in [0.15, 0.2) is 0 Å². The first kappa shape index (κ1) is 13.8. The van der Waals surface area contributed by atoms with Gasteiger partial charge in [0.25, 0.3) is 0 Å². The van der Waals surface area contributed by atoms with Gasteiger partial charge in [-0.25, -0.2) is 5.84 Å². The Morgan fingerprint density at radius 1 is 1.16 bits per heavy atom. The van der Waals surface area contributed by atoms with Crippen molar-refractivity contribution < 1.29 is 4.74 Å². The first-order valence-electron chi connectivity index (χ1n) is 6.83. The van der Waals surface area contributed by atoms with E-state index in [0.717, 1.165) is 18.8 Å². The van der Waals surface area contributed by atoms with Crippen molar-refractivity contribution >= 4 is 11.9 Å². The molecule has 4 N–H and O–H groups in total. The summed E-state index contributed by atoms with van der Waals surface area (Å²) in [5.41, 5.74) is 2.43. The molecule has 1 aromatic rings. The molecule has 0 saturated heterocycles. The molecule has 0 spiro atoms. The van der Waals surface area contributed by atoms with E-state index >= 15 is 0 Å². The summed E-state index contributed by atoms with van der Waals surface area (Å²) in [6.07, 6.45) is 4.76. The summed E-state index contributed by atoms with van der Waals surface area (Å²) in [7, 11) is 0. The largest absolute Gasteiger partial charge is 0.464 e. The minimum atomic E-state index is 0.289. The van der Waals surface area contributed by atoms with Gasteiger partial charge in [-0.3, -0.25) is 5.43 Å². The second-order valence-corrected chi connectivity index (χ2v) is 4.94. The topological polar surface area (TPSA) is 98.0 Å². The Bertz CT molecular complexity index is 405. The van der Waals surface area contributed by atoms with Crippen LogP contribution in [0, 0.1) is 5.92 Å². The Morgan fingerprint density at radius 3 is 2.47 bits per heavy atom. The smallest absolute Gasteiger partial charge is 0.323 e. The molecule has 1 fully saturated rings. The fraction of sp³-hybridized carbons (Fsp3) is 0.750. The Balaban J connectivity index is 2.04. The Hall–Kier alpha value is -1.63. The molecule has 7 heteroatoms. The van der Waals surface area contributed by atoms with E-state index in [-0.39, 0.29) is 6.01 Å². The number of nitrogens with two attached hydrogens (primary N) is 1. The van der Waals surface area contributed by atoms with Gasteiger partial charge in [-0.15, -0.1) is 0 Å². The molecule has 7 nitrogen and oxygen atoms in total. The second kappa shape index (κ2) is 6.51. The van der Waals surface area contributed by atoms with Crippen molar-refractivity contribution in [2.45, 2.75) is 45.6 Å². The van der Waals surface area contributed by atoms with Crippen LogP contribution in [0.25, 0.3) is 0 Å². The summed E-state index contributed by atoms with van der Waals surface area (Å²) < 4.78 is 5.30. The highest BCUT2D eigenvalue weighted by molar-refractivity contribution is 5.35. The number of ether oxygens (including phenoxy) is 1. The van der Waals surface area contributed by atoms with E-state index in [1.807, 2.05) is 6.92 Å². The van der Waals surface area contributed by atoms with E-state index in [9.17, 15) is 0 Å². The average Bonchev–Trinajstić information content (AvgIpc) is 2.41. The van der Waals surface area contributed by atoms with Gasteiger partial charge in [0.1, 0.15) is 0 Å². The number of hydrogen-bond donors (Lipinski definition) is 3. The van der Waals surface area contributed by atoms with Crippen LogP contribution in [0.3, 0.4) is 0 Å². The number of rotatable bonds is 5. The lowest BCUT2D eigenvalue weighted by molar-refractivity contribution is 0.311. The van der Waals surface area contributed by atoms with Crippen LogP contribution < -0.4 is 21.3 Å². The molecule has 0 radical (unpaired) electrons. The van der Waals surface area contributed by atoms with Crippen molar-refractivity contribution in [3.63, 3.8) is 0 Å². The molecular formula is C12H22N6O. The number of nitrogen functional groups attached to an aromatic ring is 1. The first-order valence-corrected chi connectivity index (χ1v) is 6.83. The van der Waals surface area contributed by atoms with Gasteiger partial charge in [-0.1, -0.05) is 6.92 Å². The van der Waals surface area contributed by atoms with Crippen LogP contribution >= 0.6 is 0 Å². The van der Waals surface area contributed by atoms with E-state index < -0.39 is 0 Å². The molecule has 0 amide bonds. The SMILES string of the molecule is CCOc1nc(NN)nc(NC2CCC(C)CC2)n1. The van der Waals surface area contributed by atoms with Crippen LogP contribution in [0.4, 0.5) is 11.9 Å². The number of hydrazine groups is 1. The highest BCUT2D eigenvalue weighted by Gasteiger charge is 2.19. The van der Waals surface area contributed by atoms with E-state index in [1.165, 1.54) is 12.8 Å². The Labute approximate surface area is 113 Å². The summed E-state index contributed by atoms with van der Waals surface area (Å²) in [5, 5.41) is 3.34. The molecule has 0 unspecified atom stereocenters. The minimum absolute atomic E-state index is 0.289. The molecule has 1 aliphatic carbocycles. The average molecular weight is 266 g/mol. The molecule has 1 heterocycles. The molecule has 106 valence electrons. The van der Waals surface area contributed by atoms with Crippen molar-refractivity contribution in [1.29, 1.82) is 0 Å². The summed E-state index contributed by atoms with van der Waals surface area (Å²) >= 11 is 0. The third-order valence-corrected chi connectivity index (χ3v) is 3.37. The normalized spacial score (nSPS) is 22.9. The Morgan fingerprint density at radius 2 is 1.84 bits per heavy atom. The zero-order valence-electron chi connectivity index (χ0n) is 11.5. The molecule has 0 aliphatic heterocycles. The molecule has 19 heavy (non-hydrogen) atoms. The standard InChI is InChI=1S/C12H22N6O/c1-3-19-12-16-10(15-11(17-12)18-13)14-9-6-4-8(2)5-7-9/h8-9H,3-7,13H2,1-2H3,(H2,14,15,16,17,18). The number of nitrogens with zero attached hydrogens (tertiary/aromatic N) is 3. The lowest BCUT2D eigenvalue weighted by atomic mass is 9.87. The zero-order valence-corrected chi connectivity index (χ0v) is 11.5.